The SMILES string of the molecule is COc1ccc(-c2ccc(OC)cc2C(=O)c2ccc(C(C)(C)C)cc2)c(C(=O)c2ccc(C(C)(C)C)cc2)c1. The van der Waals surface area contributed by atoms with Gasteiger partial charge in [0.1, 0.15) is 11.5 Å². The summed E-state index contributed by atoms with van der Waals surface area (Å²) < 4.78 is 11.0. The smallest absolute Gasteiger partial charge is 0.193 e. The van der Waals surface area contributed by atoms with Crippen LogP contribution < -0.4 is 9.47 Å². The lowest BCUT2D eigenvalue weighted by atomic mass is 9.84. The van der Waals surface area contributed by atoms with Gasteiger partial charge in [-0.05, 0) is 69.5 Å². The minimum atomic E-state index is -0.141. The van der Waals surface area contributed by atoms with E-state index in [4.69, 9.17) is 9.47 Å². The van der Waals surface area contributed by atoms with Crippen molar-refractivity contribution in [2.75, 3.05) is 14.2 Å². The second-order valence-electron chi connectivity index (χ2n) is 12.1. The van der Waals surface area contributed by atoms with Gasteiger partial charge in [0.05, 0.1) is 14.2 Å². The number of methoxy groups -OCH3 is 2. The molecule has 4 aromatic carbocycles. The molecule has 0 amide bonds. The van der Waals surface area contributed by atoms with Crippen molar-refractivity contribution in [2.24, 2.45) is 0 Å². The fourth-order valence-electron chi connectivity index (χ4n) is 4.70. The zero-order valence-electron chi connectivity index (χ0n) is 24.7. The van der Waals surface area contributed by atoms with E-state index in [1.807, 2.05) is 72.8 Å². The van der Waals surface area contributed by atoms with E-state index < -0.39 is 0 Å². The first-order valence-electron chi connectivity index (χ1n) is 13.5. The Balaban J connectivity index is 1.84. The van der Waals surface area contributed by atoms with Gasteiger partial charge in [-0.25, -0.2) is 0 Å². The summed E-state index contributed by atoms with van der Waals surface area (Å²) in [7, 11) is 3.15. The topological polar surface area (TPSA) is 52.6 Å². The van der Waals surface area contributed by atoms with Crippen LogP contribution in [0.3, 0.4) is 0 Å². The Kier molecular flexibility index (Phi) is 8.02. The molecule has 0 N–H and O–H groups in total. The van der Waals surface area contributed by atoms with Crippen LogP contribution in [-0.4, -0.2) is 25.8 Å². The molecule has 0 aliphatic carbocycles. The van der Waals surface area contributed by atoms with Crippen LogP contribution in [0.5, 0.6) is 11.5 Å². The van der Waals surface area contributed by atoms with Gasteiger partial charge in [0.25, 0.3) is 0 Å². The highest BCUT2D eigenvalue weighted by Crippen LogP contribution is 2.35. The number of hydrogen-bond acceptors (Lipinski definition) is 4. The monoisotopic (exact) mass is 534 g/mol. The largest absolute Gasteiger partial charge is 0.497 e. The standard InChI is InChI=1S/C36H38O4/c1-35(2,3)25-13-9-23(10-14-25)33(37)31-21-27(39-7)17-19-29(31)30-20-18-28(40-8)22-32(30)34(38)24-11-15-26(16-12-24)36(4,5)6/h9-22H,1-8H3. The Morgan fingerprint density at radius 2 is 0.825 bits per heavy atom. The fourth-order valence-corrected chi connectivity index (χ4v) is 4.70. The van der Waals surface area contributed by atoms with Crippen molar-refractivity contribution in [1.29, 1.82) is 0 Å². The molecule has 0 saturated heterocycles. The lowest BCUT2D eigenvalue weighted by molar-refractivity contribution is 0.102. The van der Waals surface area contributed by atoms with Crippen molar-refractivity contribution in [2.45, 2.75) is 52.4 Å². The zero-order chi connectivity index (χ0) is 29.2. The Morgan fingerprint density at radius 1 is 0.500 bits per heavy atom. The summed E-state index contributed by atoms with van der Waals surface area (Å²) >= 11 is 0. The van der Waals surface area contributed by atoms with E-state index in [1.165, 1.54) is 0 Å². The number of rotatable bonds is 7. The molecule has 0 bridgehead atoms. The van der Waals surface area contributed by atoms with Crippen LogP contribution in [0.25, 0.3) is 11.1 Å². The minimum Gasteiger partial charge on any atom is -0.497 e. The molecule has 4 rings (SSSR count). The van der Waals surface area contributed by atoms with Crippen molar-refractivity contribution in [3.63, 3.8) is 0 Å². The van der Waals surface area contributed by atoms with E-state index >= 15 is 0 Å². The van der Waals surface area contributed by atoms with E-state index in [9.17, 15) is 9.59 Å². The van der Waals surface area contributed by atoms with Gasteiger partial charge in [-0.3, -0.25) is 9.59 Å². The maximum Gasteiger partial charge on any atom is 0.193 e. The fraction of sp³-hybridized carbons (Fsp3) is 0.278. The molecule has 0 saturated carbocycles. The molecule has 0 aromatic heterocycles. The van der Waals surface area contributed by atoms with Crippen LogP contribution in [0, 0.1) is 0 Å². The summed E-state index contributed by atoms with van der Waals surface area (Å²) in [5, 5.41) is 0. The highest BCUT2D eigenvalue weighted by Gasteiger charge is 2.23. The maximum atomic E-state index is 13.9. The summed E-state index contributed by atoms with van der Waals surface area (Å²) in [5.41, 5.74) is 5.63. The minimum absolute atomic E-state index is 0.0217. The lowest BCUT2D eigenvalue weighted by Crippen LogP contribution is -2.12. The van der Waals surface area contributed by atoms with Crippen molar-refractivity contribution < 1.29 is 19.1 Å². The first kappa shape index (κ1) is 28.8. The molecule has 4 aromatic rings. The number of benzene rings is 4. The van der Waals surface area contributed by atoms with E-state index in [2.05, 4.69) is 41.5 Å². The summed E-state index contributed by atoms with van der Waals surface area (Å²) in [6, 6.07) is 26.2. The number of carbonyl (C=O) groups is 2. The summed E-state index contributed by atoms with van der Waals surface area (Å²) in [6.45, 7) is 12.9. The molecular weight excluding hydrogens is 496 g/mol. The second kappa shape index (κ2) is 11.1. The molecular formula is C36H38O4. The van der Waals surface area contributed by atoms with Crippen LogP contribution in [0.2, 0.25) is 0 Å². The number of carbonyl (C=O) groups excluding carboxylic acids is 2. The number of hydrogen-bond donors (Lipinski definition) is 0. The molecule has 0 atom stereocenters. The highest BCUT2D eigenvalue weighted by atomic mass is 16.5. The highest BCUT2D eigenvalue weighted by molar-refractivity contribution is 6.17. The van der Waals surface area contributed by atoms with Crippen LogP contribution in [0.1, 0.15) is 84.5 Å². The average Bonchev–Trinajstić information content (AvgIpc) is 2.95. The lowest BCUT2D eigenvalue weighted by Gasteiger charge is -2.20. The van der Waals surface area contributed by atoms with Crippen LogP contribution in [0.15, 0.2) is 84.9 Å². The van der Waals surface area contributed by atoms with Gasteiger partial charge in [0, 0.05) is 22.3 Å². The molecule has 0 radical (unpaired) electrons. The molecule has 0 unspecified atom stereocenters. The molecule has 0 spiro atoms. The summed E-state index contributed by atoms with van der Waals surface area (Å²) in [5.74, 6) is 0.853. The van der Waals surface area contributed by atoms with Crippen LogP contribution in [-0.2, 0) is 10.8 Å². The van der Waals surface area contributed by atoms with Crippen molar-refractivity contribution >= 4 is 11.6 Å². The summed E-state index contributed by atoms with van der Waals surface area (Å²) in [6.07, 6.45) is 0. The van der Waals surface area contributed by atoms with Crippen LogP contribution >= 0.6 is 0 Å². The molecule has 0 aliphatic rings. The average molecular weight is 535 g/mol. The Morgan fingerprint density at radius 3 is 1.10 bits per heavy atom. The van der Waals surface area contributed by atoms with E-state index in [0.29, 0.717) is 44.9 Å². The van der Waals surface area contributed by atoms with Crippen molar-refractivity contribution in [1.82, 2.24) is 0 Å². The second-order valence-corrected chi connectivity index (χ2v) is 12.1. The molecule has 0 fully saturated rings. The Hall–Kier alpha value is -4.18. The first-order valence-corrected chi connectivity index (χ1v) is 13.5. The third-order valence-corrected chi connectivity index (χ3v) is 7.26. The van der Waals surface area contributed by atoms with E-state index in [1.54, 1.807) is 26.4 Å². The normalized spacial score (nSPS) is 11.7. The van der Waals surface area contributed by atoms with Gasteiger partial charge in [0.2, 0.25) is 0 Å². The number of ether oxygens (including phenoxy) is 2. The number of ketones is 2. The zero-order valence-corrected chi connectivity index (χ0v) is 24.7. The van der Waals surface area contributed by atoms with Gasteiger partial charge < -0.3 is 9.47 Å². The summed E-state index contributed by atoms with van der Waals surface area (Å²) in [4.78, 5) is 27.8. The third kappa shape index (κ3) is 6.02. The molecule has 4 nitrogen and oxygen atoms in total. The Labute approximate surface area is 238 Å². The first-order chi connectivity index (χ1) is 18.8. The van der Waals surface area contributed by atoms with Gasteiger partial charge in [-0.2, -0.15) is 0 Å². The molecule has 4 heteroatoms. The van der Waals surface area contributed by atoms with Gasteiger partial charge in [-0.1, -0.05) is 90.1 Å². The predicted molar refractivity (Wildman–Crippen MR) is 162 cm³/mol. The van der Waals surface area contributed by atoms with Crippen molar-refractivity contribution in [3.8, 4) is 22.6 Å². The molecule has 206 valence electrons. The van der Waals surface area contributed by atoms with Gasteiger partial charge >= 0.3 is 0 Å². The Bertz CT molecular complexity index is 1410. The molecule has 0 aliphatic heterocycles. The van der Waals surface area contributed by atoms with Gasteiger partial charge in [-0.15, -0.1) is 0 Å². The predicted octanol–water partition coefficient (Wildman–Crippen LogP) is 8.43. The van der Waals surface area contributed by atoms with Gasteiger partial charge in [0.15, 0.2) is 11.6 Å². The quantitative estimate of drug-likeness (QED) is 0.223. The third-order valence-electron chi connectivity index (χ3n) is 7.26. The maximum absolute atomic E-state index is 13.9. The molecule has 40 heavy (non-hydrogen) atoms. The van der Waals surface area contributed by atoms with Crippen molar-refractivity contribution in [3.05, 3.63) is 118 Å². The molecule has 0 heterocycles. The van der Waals surface area contributed by atoms with Crippen LogP contribution in [0.4, 0.5) is 0 Å². The van der Waals surface area contributed by atoms with E-state index in [0.717, 1.165) is 11.1 Å². The van der Waals surface area contributed by atoms with E-state index in [-0.39, 0.29) is 22.4 Å².